The Morgan fingerprint density at radius 3 is 2.54 bits per heavy atom. The van der Waals surface area contributed by atoms with Crippen LogP contribution in [-0.4, -0.2) is 40.6 Å². The van der Waals surface area contributed by atoms with E-state index in [1.54, 1.807) is 17.7 Å². The van der Waals surface area contributed by atoms with Gasteiger partial charge >= 0.3 is 12.1 Å². The third kappa shape index (κ3) is 7.06. The molecule has 0 aliphatic heterocycles. The van der Waals surface area contributed by atoms with Crippen molar-refractivity contribution in [2.45, 2.75) is 52.7 Å². The number of carbonyl (C=O) groups excluding carboxylic acids is 2. The second kappa shape index (κ2) is 9.92. The minimum Gasteiger partial charge on any atom is -0.461 e. The minimum atomic E-state index is -0.532. The molecule has 28 heavy (non-hydrogen) atoms. The van der Waals surface area contributed by atoms with E-state index in [0.717, 1.165) is 11.3 Å². The Morgan fingerprint density at radius 1 is 1.18 bits per heavy atom. The van der Waals surface area contributed by atoms with Crippen LogP contribution in [0.5, 0.6) is 0 Å². The van der Waals surface area contributed by atoms with Crippen LogP contribution < -0.4 is 5.32 Å². The number of carbonyl (C=O) groups is 2. The molecule has 152 valence electrons. The summed E-state index contributed by atoms with van der Waals surface area (Å²) in [6.45, 7) is 8.43. The summed E-state index contributed by atoms with van der Waals surface area (Å²) in [6.07, 6.45) is 0.789. The van der Waals surface area contributed by atoms with E-state index in [1.165, 1.54) is 0 Å². The van der Waals surface area contributed by atoms with Gasteiger partial charge in [0.05, 0.1) is 12.3 Å². The molecule has 0 fully saturated rings. The molecule has 0 aliphatic rings. The van der Waals surface area contributed by atoms with E-state index in [9.17, 15) is 9.59 Å². The zero-order valence-corrected chi connectivity index (χ0v) is 17.0. The van der Waals surface area contributed by atoms with Gasteiger partial charge in [-0.15, -0.1) is 0 Å². The van der Waals surface area contributed by atoms with Crippen molar-refractivity contribution in [3.63, 3.8) is 0 Å². The zero-order chi connectivity index (χ0) is 20.6. The highest BCUT2D eigenvalue weighted by Crippen LogP contribution is 2.13. The summed E-state index contributed by atoms with van der Waals surface area (Å²) in [7, 11) is 0. The molecule has 0 unspecified atom stereocenters. The number of esters is 1. The van der Waals surface area contributed by atoms with Crippen LogP contribution in [0.4, 0.5) is 4.79 Å². The Labute approximate surface area is 166 Å². The number of aryl methyl sites for hydroxylation is 1. The molecule has 0 saturated carbocycles. The van der Waals surface area contributed by atoms with E-state index in [2.05, 4.69) is 10.4 Å². The van der Waals surface area contributed by atoms with E-state index in [1.807, 2.05) is 51.1 Å². The molecule has 0 bridgehead atoms. The molecule has 1 N–H and O–H groups in total. The molecule has 2 aromatic rings. The first-order valence-corrected chi connectivity index (χ1v) is 9.53. The number of nitrogens with zero attached hydrogens (tertiary/aromatic N) is 2. The summed E-state index contributed by atoms with van der Waals surface area (Å²) in [4.78, 5) is 24.0. The molecule has 1 aromatic heterocycles. The number of hydrogen-bond donors (Lipinski definition) is 1. The Hall–Kier alpha value is -2.83. The number of benzene rings is 1. The van der Waals surface area contributed by atoms with Gasteiger partial charge in [-0.3, -0.25) is 4.68 Å². The average Bonchev–Trinajstić information content (AvgIpc) is 3.01. The highest BCUT2D eigenvalue weighted by atomic mass is 16.6. The molecule has 2 rings (SSSR count). The number of nitrogens with one attached hydrogen (secondary N) is 1. The SMILES string of the molecule is CCOC(=O)c1cc(Cc2ccccc2)nn1CCCNC(=O)OC(C)(C)C. The molecule has 7 heteroatoms. The predicted molar refractivity (Wildman–Crippen MR) is 106 cm³/mol. The normalized spacial score (nSPS) is 11.1. The Kier molecular flexibility index (Phi) is 7.61. The van der Waals surface area contributed by atoms with Gasteiger partial charge in [-0.1, -0.05) is 30.3 Å². The van der Waals surface area contributed by atoms with Crippen LogP contribution in [-0.2, 0) is 22.4 Å². The van der Waals surface area contributed by atoms with Crippen molar-refractivity contribution in [2.75, 3.05) is 13.2 Å². The first kappa shape index (κ1) is 21.5. The highest BCUT2D eigenvalue weighted by Gasteiger charge is 2.18. The number of amides is 1. The maximum absolute atomic E-state index is 12.3. The van der Waals surface area contributed by atoms with Crippen LogP contribution in [0.2, 0.25) is 0 Å². The van der Waals surface area contributed by atoms with E-state index >= 15 is 0 Å². The molecule has 7 nitrogen and oxygen atoms in total. The highest BCUT2D eigenvalue weighted by molar-refractivity contribution is 5.87. The van der Waals surface area contributed by atoms with Gasteiger partial charge in [0.15, 0.2) is 0 Å². The molecule has 0 radical (unpaired) electrons. The Bertz CT molecular complexity index is 779. The first-order valence-electron chi connectivity index (χ1n) is 9.53. The van der Waals surface area contributed by atoms with Gasteiger partial charge in [0.25, 0.3) is 0 Å². The number of rotatable bonds is 8. The summed E-state index contributed by atoms with van der Waals surface area (Å²) in [5, 5.41) is 7.27. The van der Waals surface area contributed by atoms with Crippen molar-refractivity contribution >= 4 is 12.1 Å². The van der Waals surface area contributed by atoms with E-state index in [0.29, 0.717) is 38.2 Å². The fourth-order valence-corrected chi connectivity index (χ4v) is 2.63. The smallest absolute Gasteiger partial charge is 0.407 e. The monoisotopic (exact) mass is 387 g/mol. The summed E-state index contributed by atoms with van der Waals surface area (Å²) in [5.74, 6) is -0.394. The van der Waals surface area contributed by atoms with Crippen LogP contribution in [0.1, 0.15) is 55.9 Å². The number of hydrogen-bond acceptors (Lipinski definition) is 5. The van der Waals surface area contributed by atoms with E-state index in [4.69, 9.17) is 9.47 Å². The zero-order valence-electron chi connectivity index (χ0n) is 17.0. The summed E-state index contributed by atoms with van der Waals surface area (Å²) < 4.78 is 12.0. The molecule has 1 amide bonds. The topological polar surface area (TPSA) is 82.5 Å². The van der Waals surface area contributed by atoms with Crippen LogP contribution in [0, 0.1) is 0 Å². The molecule has 1 aromatic carbocycles. The fraction of sp³-hybridized carbons (Fsp3) is 0.476. The van der Waals surface area contributed by atoms with Crippen molar-refractivity contribution < 1.29 is 19.1 Å². The lowest BCUT2D eigenvalue weighted by molar-refractivity contribution is 0.0501. The largest absolute Gasteiger partial charge is 0.461 e. The minimum absolute atomic E-state index is 0.304. The standard InChI is InChI=1S/C21H29N3O4/c1-5-27-19(25)18-15-17(14-16-10-7-6-8-11-16)23-24(18)13-9-12-22-20(26)28-21(2,3)4/h6-8,10-11,15H,5,9,12-14H2,1-4H3,(H,22,26). The maximum Gasteiger partial charge on any atom is 0.407 e. The van der Waals surface area contributed by atoms with E-state index in [-0.39, 0.29) is 0 Å². The molecular weight excluding hydrogens is 358 g/mol. The quantitative estimate of drug-likeness (QED) is 0.553. The van der Waals surface area contributed by atoms with E-state index < -0.39 is 17.7 Å². The average molecular weight is 387 g/mol. The lowest BCUT2D eigenvalue weighted by Gasteiger charge is -2.19. The maximum atomic E-state index is 12.3. The molecule has 0 saturated heterocycles. The molecule has 0 spiro atoms. The first-order chi connectivity index (χ1) is 13.3. The second-order valence-corrected chi connectivity index (χ2v) is 7.41. The third-order valence-electron chi connectivity index (χ3n) is 3.76. The van der Waals surface area contributed by atoms with Crippen molar-refractivity contribution in [1.29, 1.82) is 0 Å². The van der Waals surface area contributed by atoms with Gasteiger partial charge in [-0.2, -0.15) is 5.10 Å². The lowest BCUT2D eigenvalue weighted by atomic mass is 10.1. The van der Waals surface area contributed by atoms with Gasteiger partial charge in [-0.25, -0.2) is 9.59 Å². The van der Waals surface area contributed by atoms with Gasteiger partial charge in [-0.05, 0) is 45.7 Å². The van der Waals surface area contributed by atoms with Gasteiger partial charge < -0.3 is 14.8 Å². The van der Waals surface area contributed by atoms with Crippen LogP contribution in [0.3, 0.4) is 0 Å². The van der Waals surface area contributed by atoms with Crippen molar-refractivity contribution in [2.24, 2.45) is 0 Å². The van der Waals surface area contributed by atoms with Crippen molar-refractivity contribution in [1.82, 2.24) is 15.1 Å². The number of ether oxygens (including phenoxy) is 2. The molecular formula is C21H29N3O4. The summed E-state index contributed by atoms with van der Waals surface area (Å²) in [5.41, 5.74) is 1.81. The molecule has 1 heterocycles. The lowest BCUT2D eigenvalue weighted by Crippen LogP contribution is -2.33. The van der Waals surface area contributed by atoms with Crippen LogP contribution in [0.25, 0.3) is 0 Å². The van der Waals surface area contributed by atoms with Gasteiger partial charge in [0.2, 0.25) is 0 Å². The summed E-state index contributed by atoms with van der Waals surface area (Å²) >= 11 is 0. The summed E-state index contributed by atoms with van der Waals surface area (Å²) in [6, 6.07) is 11.7. The van der Waals surface area contributed by atoms with Crippen molar-refractivity contribution in [3.8, 4) is 0 Å². The Balaban J connectivity index is 1.98. The molecule has 0 aliphatic carbocycles. The van der Waals surface area contributed by atoms with Gasteiger partial charge in [0, 0.05) is 19.5 Å². The third-order valence-corrected chi connectivity index (χ3v) is 3.76. The van der Waals surface area contributed by atoms with Gasteiger partial charge in [0.1, 0.15) is 11.3 Å². The number of aromatic nitrogens is 2. The number of alkyl carbamates (subject to hydrolysis) is 1. The second-order valence-electron chi connectivity index (χ2n) is 7.41. The van der Waals surface area contributed by atoms with Crippen LogP contribution >= 0.6 is 0 Å². The van der Waals surface area contributed by atoms with Crippen molar-refractivity contribution in [3.05, 3.63) is 53.3 Å². The fourth-order valence-electron chi connectivity index (χ4n) is 2.63. The molecule has 0 atom stereocenters. The Morgan fingerprint density at radius 2 is 1.89 bits per heavy atom. The predicted octanol–water partition coefficient (Wildman–Crippen LogP) is 3.57. The van der Waals surface area contributed by atoms with Crippen LogP contribution in [0.15, 0.2) is 36.4 Å².